The van der Waals surface area contributed by atoms with Crippen LogP contribution < -0.4 is 28.4 Å². The highest BCUT2D eigenvalue weighted by Gasteiger charge is 2.57. The molecule has 4 heterocycles. The van der Waals surface area contributed by atoms with Gasteiger partial charge in [-0.05, 0) is 31.0 Å². The fourth-order valence-electron chi connectivity index (χ4n) is 4.94. The Labute approximate surface area is 228 Å². The summed E-state index contributed by atoms with van der Waals surface area (Å²) in [6.07, 6.45) is 1.62. The zero-order chi connectivity index (χ0) is 25.2. The largest absolute Gasteiger partial charge is 1.00 e. The Kier molecular flexibility index (Phi) is 6.96. The molecule has 2 aromatic heterocycles. The molecular formula is C24H25IN4O6S. The van der Waals surface area contributed by atoms with Gasteiger partial charge in [-0.3, -0.25) is 14.9 Å². The van der Waals surface area contributed by atoms with E-state index in [1.807, 2.05) is 27.1 Å². The number of imidazole rings is 1. The number of carbonyl (C=O) groups excluding carboxylic acids is 2. The number of ether oxygens (including phenoxy) is 1. The van der Waals surface area contributed by atoms with Crippen LogP contribution in [-0.4, -0.2) is 43.5 Å². The third kappa shape index (κ3) is 4.00. The number of non-ortho nitro benzene ring substituents is 1. The molecule has 1 N–H and O–H groups in total. The topological polar surface area (TPSA) is 119 Å². The first-order valence-electron chi connectivity index (χ1n) is 11.2. The van der Waals surface area contributed by atoms with Gasteiger partial charge in [0, 0.05) is 31.6 Å². The van der Waals surface area contributed by atoms with Gasteiger partial charge in [0.1, 0.15) is 18.5 Å². The van der Waals surface area contributed by atoms with Crippen LogP contribution in [0.5, 0.6) is 0 Å². The summed E-state index contributed by atoms with van der Waals surface area (Å²) < 4.78 is 9.72. The van der Waals surface area contributed by atoms with E-state index in [1.54, 1.807) is 18.3 Å². The second kappa shape index (κ2) is 9.56. The summed E-state index contributed by atoms with van der Waals surface area (Å²) in [6, 6.07) is 5.48. The normalized spacial score (nSPS) is 19.7. The Bertz CT molecular complexity index is 1390. The number of carbonyl (C=O) groups is 2. The molecule has 1 amide bonds. The molecule has 0 saturated carbocycles. The maximum absolute atomic E-state index is 13.3. The average molecular weight is 624 g/mol. The highest BCUT2D eigenvalue weighted by Crippen LogP contribution is 2.48. The second-order valence-corrected chi connectivity index (χ2v) is 10.1. The van der Waals surface area contributed by atoms with Gasteiger partial charge >= 0.3 is 5.97 Å². The number of esters is 1. The Morgan fingerprint density at radius 1 is 1.33 bits per heavy atom. The predicted octanol–water partition coefficient (Wildman–Crippen LogP) is -0.580. The van der Waals surface area contributed by atoms with E-state index < -0.39 is 22.9 Å². The van der Waals surface area contributed by atoms with Crippen molar-refractivity contribution in [1.82, 2.24) is 9.47 Å². The van der Waals surface area contributed by atoms with Crippen molar-refractivity contribution in [3.63, 3.8) is 0 Å². The fraction of sp³-hybridized carbons (Fsp3) is 0.375. The average Bonchev–Trinajstić information content (AvgIpc) is 3.45. The number of aliphatic hydroxyl groups is 1. The van der Waals surface area contributed by atoms with Gasteiger partial charge in [-0.1, -0.05) is 11.3 Å². The van der Waals surface area contributed by atoms with Crippen LogP contribution in [0.3, 0.4) is 0 Å². The lowest BCUT2D eigenvalue weighted by Crippen LogP contribution is -3.00. The number of nitrogens with zero attached hydrogens (tertiary/aromatic N) is 4. The van der Waals surface area contributed by atoms with E-state index in [1.165, 1.54) is 29.2 Å². The van der Waals surface area contributed by atoms with Crippen molar-refractivity contribution < 1.29 is 52.7 Å². The lowest BCUT2D eigenvalue weighted by molar-refractivity contribution is -0.516. The molecule has 36 heavy (non-hydrogen) atoms. The van der Waals surface area contributed by atoms with Crippen LogP contribution in [0.4, 0.5) is 5.69 Å². The molecule has 10 nitrogen and oxygen atoms in total. The minimum absolute atomic E-state index is 0. The molecule has 0 unspecified atom stereocenters. The van der Waals surface area contributed by atoms with Crippen molar-refractivity contribution in [3.8, 4) is 0 Å². The highest BCUT2D eigenvalue weighted by atomic mass is 127. The van der Waals surface area contributed by atoms with E-state index >= 15 is 0 Å². The number of aliphatic hydroxyl groups excluding tert-OH is 1. The standard InChI is InChI=1S/C24H25N4O6S.HI/c1-12-23-26(14(3)25(12)4)10-19(35-23)17-9-18-20(13(2)29)22(30)27(18)21(17)24(31)34-11-15-5-7-16(8-6-15)28(32)33;/h5-8,10,13,18,20,29H,9,11H2,1-4H3;1H/q+1;/p-1/t13-,18-,20-;/m1./s1. The summed E-state index contributed by atoms with van der Waals surface area (Å²) in [5.74, 6) is -0.432. The highest BCUT2D eigenvalue weighted by molar-refractivity contribution is 7.18. The molecule has 0 bridgehead atoms. The lowest BCUT2D eigenvalue weighted by Gasteiger charge is -2.44. The van der Waals surface area contributed by atoms with E-state index in [0.717, 1.165) is 26.8 Å². The molecule has 1 saturated heterocycles. The molecule has 12 heteroatoms. The van der Waals surface area contributed by atoms with Gasteiger partial charge in [0.05, 0.1) is 34.9 Å². The lowest BCUT2D eigenvalue weighted by atomic mass is 9.83. The maximum atomic E-state index is 13.3. The van der Waals surface area contributed by atoms with Gasteiger partial charge in [0.15, 0.2) is 5.69 Å². The number of nitro groups is 1. The van der Waals surface area contributed by atoms with E-state index in [9.17, 15) is 24.8 Å². The van der Waals surface area contributed by atoms with Gasteiger partial charge in [-0.15, -0.1) is 0 Å². The zero-order valence-electron chi connectivity index (χ0n) is 20.1. The van der Waals surface area contributed by atoms with Crippen LogP contribution in [-0.2, 0) is 28.0 Å². The number of nitro benzene ring substituents is 1. The van der Waals surface area contributed by atoms with Gasteiger partial charge < -0.3 is 38.7 Å². The van der Waals surface area contributed by atoms with Crippen molar-refractivity contribution in [3.05, 3.63) is 68.2 Å². The molecule has 1 fully saturated rings. The molecule has 1 aromatic carbocycles. The molecule has 5 rings (SSSR count). The van der Waals surface area contributed by atoms with E-state index in [0.29, 0.717) is 12.0 Å². The number of hydrogen-bond acceptors (Lipinski definition) is 7. The van der Waals surface area contributed by atoms with Crippen molar-refractivity contribution in [2.24, 2.45) is 13.0 Å². The molecular weight excluding hydrogens is 599 g/mol. The second-order valence-electron chi connectivity index (χ2n) is 9.04. The fourth-order valence-corrected chi connectivity index (χ4v) is 6.18. The maximum Gasteiger partial charge on any atom is 0.355 e. The summed E-state index contributed by atoms with van der Waals surface area (Å²) >= 11 is 1.55. The van der Waals surface area contributed by atoms with Crippen LogP contribution >= 0.6 is 11.3 Å². The van der Waals surface area contributed by atoms with Gasteiger partial charge in [-0.25, -0.2) is 9.36 Å². The van der Waals surface area contributed by atoms with Crippen molar-refractivity contribution in [2.45, 2.75) is 45.9 Å². The number of fused-ring (bicyclic) bond motifs is 2. The quantitative estimate of drug-likeness (QED) is 0.0980. The van der Waals surface area contributed by atoms with Crippen LogP contribution in [0, 0.1) is 29.9 Å². The minimum Gasteiger partial charge on any atom is -1.00 e. The number of halogens is 1. The molecule has 2 aliphatic heterocycles. The smallest absolute Gasteiger partial charge is 0.355 e. The number of thiazole rings is 1. The molecule has 190 valence electrons. The minimum atomic E-state index is -0.817. The third-order valence-electron chi connectivity index (χ3n) is 7.05. The van der Waals surface area contributed by atoms with Gasteiger partial charge in [0.25, 0.3) is 11.5 Å². The SMILES string of the molecule is Cc1c2sc(C3=C(C(=O)OCc4ccc([N+](=O)[O-])cc4)N4C(=O)[C@H]([C@@H](C)O)[C@H]4C3)c[n+]2c(C)n1C.[I-]. The monoisotopic (exact) mass is 624 g/mol. The van der Waals surface area contributed by atoms with Crippen LogP contribution in [0.25, 0.3) is 10.4 Å². The molecule has 0 radical (unpaired) electrons. The summed E-state index contributed by atoms with van der Waals surface area (Å²) in [5.41, 5.74) is 2.59. The Hall–Kier alpha value is -2.84. The number of rotatable bonds is 6. The first-order valence-corrected chi connectivity index (χ1v) is 12.0. The zero-order valence-corrected chi connectivity index (χ0v) is 23.1. The summed E-state index contributed by atoms with van der Waals surface area (Å²) in [4.78, 5) is 39.9. The van der Waals surface area contributed by atoms with E-state index in [2.05, 4.69) is 8.97 Å². The number of β-lactam (4-membered cyclic amide) rings is 1. The molecule has 0 aliphatic carbocycles. The Morgan fingerprint density at radius 2 is 2.00 bits per heavy atom. The predicted molar refractivity (Wildman–Crippen MR) is 126 cm³/mol. The first kappa shape index (κ1) is 26.2. The Balaban J connectivity index is 0.00000304. The van der Waals surface area contributed by atoms with Gasteiger partial charge in [0.2, 0.25) is 10.7 Å². The molecule has 3 atom stereocenters. The molecule has 2 aliphatic rings. The molecule has 0 spiro atoms. The van der Waals surface area contributed by atoms with Crippen molar-refractivity contribution in [2.75, 3.05) is 0 Å². The third-order valence-corrected chi connectivity index (χ3v) is 8.31. The van der Waals surface area contributed by atoms with E-state index in [4.69, 9.17) is 4.74 Å². The van der Waals surface area contributed by atoms with E-state index in [-0.39, 0.29) is 53.9 Å². The summed E-state index contributed by atoms with van der Waals surface area (Å²) in [7, 11) is 2.00. The summed E-state index contributed by atoms with van der Waals surface area (Å²) in [5, 5.41) is 21.0. The number of amides is 1. The Morgan fingerprint density at radius 3 is 2.58 bits per heavy atom. The van der Waals surface area contributed by atoms with Gasteiger partial charge in [-0.2, -0.15) is 4.40 Å². The number of benzene rings is 1. The van der Waals surface area contributed by atoms with Crippen LogP contribution in [0.15, 0.2) is 36.2 Å². The summed E-state index contributed by atoms with van der Waals surface area (Å²) in [6.45, 7) is 5.55. The number of aromatic nitrogens is 2. The van der Waals surface area contributed by atoms with Crippen LogP contribution in [0.1, 0.15) is 35.3 Å². The van der Waals surface area contributed by atoms with Crippen LogP contribution in [0.2, 0.25) is 0 Å². The first-order chi connectivity index (χ1) is 16.6. The number of aryl methyl sites for hydroxylation is 2. The van der Waals surface area contributed by atoms with Crippen molar-refractivity contribution >= 4 is 39.3 Å². The molecule has 3 aromatic rings. The van der Waals surface area contributed by atoms with Crippen molar-refractivity contribution in [1.29, 1.82) is 0 Å². The number of hydrogen-bond donors (Lipinski definition) is 1.